The summed E-state index contributed by atoms with van der Waals surface area (Å²) in [5.41, 5.74) is 2.03. The Morgan fingerprint density at radius 3 is 2.68 bits per heavy atom. The molecular weight excluding hydrogens is 318 g/mol. The second-order valence-electron chi connectivity index (χ2n) is 5.20. The molecule has 1 amide bonds. The monoisotopic (exact) mass is 335 g/mol. The first kappa shape index (κ1) is 16.4. The first-order valence-corrected chi connectivity index (χ1v) is 7.65. The molecule has 2 N–H and O–H groups in total. The third-order valence-corrected chi connectivity index (χ3v) is 3.42. The third kappa shape index (κ3) is 4.51. The Kier molecular flexibility index (Phi) is 5.16. The lowest BCUT2D eigenvalue weighted by atomic mass is 10.2. The highest BCUT2D eigenvalue weighted by Gasteiger charge is 2.08. The van der Waals surface area contributed by atoms with E-state index in [1.54, 1.807) is 37.7 Å². The molecule has 0 spiro atoms. The number of carbonyl (C=O) groups is 1. The standard InChI is InChI=1S/C18H17N5O2/c1-25-16-6-2-5-15(8-16)23-17(24)14-11-21-18(22-12-14)20-10-13-4-3-7-19-9-13/h2-9,11-12H,10H2,1H3,(H,23,24)(H,20,21,22). The number of nitrogens with zero attached hydrogens (tertiary/aromatic N) is 3. The van der Waals surface area contributed by atoms with Crippen molar-refractivity contribution < 1.29 is 9.53 Å². The molecule has 0 radical (unpaired) electrons. The summed E-state index contributed by atoms with van der Waals surface area (Å²) >= 11 is 0. The van der Waals surface area contributed by atoms with Gasteiger partial charge in [0.25, 0.3) is 5.91 Å². The van der Waals surface area contributed by atoms with Crippen molar-refractivity contribution in [1.29, 1.82) is 0 Å². The zero-order chi connectivity index (χ0) is 17.5. The van der Waals surface area contributed by atoms with Crippen LogP contribution in [0.3, 0.4) is 0 Å². The van der Waals surface area contributed by atoms with Gasteiger partial charge in [0.15, 0.2) is 0 Å². The SMILES string of the molecule is COc1cccc(NC(=O)c2cnc(NCc3cccnc3)nc2)c1. The smallest absolute Gasteiger partial charge is 0.258 e. The number of nitrogens with one attached hydrogen (secondary N) is 2. The average Bonchev–Trinajstić information content (AvgIpc) is 2.67. The first-order valence-electron chi connectivity index (χ1n) is 7.65. The summed E-state index contributed by atoms with van der Waals surface area (Å²) in [4.78, 5) is 24.6. The van der Waals surface area contributed by atoms with Crippen LogP contribution in [-0.2, 0) is 6.54 Å². The number of amides is 1. The van der Waals surface area contributed by atoms with E-state index >= 15 is 0 Å². The van der Waals surface area contributed by atoms with Crippen molar-refractivity contribution >= 4 is 17.5 Å². The van der Waals surface area contributed by atoms with E-state index in [2.05, 4.69) is 25.6 Å². The summed E-state index contributed by atoms with van der Waals surface area (Å²) in [5.74, 6) is 0.831. The summed E-state index contributed by atoms with van der Waals surface area (Å²) in [6, 6.07) is 10.9. The van der Waals surface area contributed by atoms with Crippen LogP contribution < -0.4 is 15.4 Å². The molecule has 2 heterocycles. The topological polar surface area (TPSA) is 89.0 Å². The van der Waals surface area contributed by atoms with Crippen LogP contribution in [0.25, 0.3) is 0 Å². The van der Waals surface area contributed by atoms with Gasteiger partial charge in [0, 0.05) is 43.1 Å². The van der Waals surface area contributed by atoms with Crippen molar-refractivity contribution in [1.82, 2.24) is 15.0 Å². The molecule has 1 aromatic carbocycles. The Bertz CT molecular complexity index is 838. The Morgan fingerprint density at radius 1 is 1.12 bits per heavy atom. The predicted molar refractivity (Wildman–Crippen MR) is 94.5 cm³/mol. The fourth-order valence-electron chi connectivity index (χ4n) is 2.12. The summed E-state index contributed by atoms with van der Waals surface area (Å²) in [5, 5.41) is 5.86. The number of pyridine rings is 1. The zero-order valence-corrected chi connectivity index (χ0v) is 13.6. The van der Waals surface area contributed by atoms with E-state index in [0.29, 0.717) is 29.5 Å². The minimum Gasteiger partial charge on any atom is -0.497 e. The molecule has 0 fully saturated rings. The summed E-state index contributed by atoms with van der Waals surface area (Å²) in [6.45, 7) is 0.559. The fraction of sp³-hybridized carbons (Fsp3) is 0.111. The molecule has 3 aromatic rings. The zero-order valence-electron chi connectivity index (χ0n) is 13.6. The third-order valence-electron chi connectivity index (χ3n) is 3.42. The van der Waals surface area contributed by atoms with E-state index in [1.807, 2.05) is 18.2 Å². The number of hydrogen-bond acceptors (Lipinski definition) is 6. The van der Waals surface area contributed by atoms with Gasteiger partial charge >= 0.3 is 0 Å². The lowest BCUT2D eigenvalue weighted by Crippen LogP contribution is -2.13. The highest BCUT2D eigenvalue weighted by Crippen LogP contribution is 2.17. The maximum Gasteiger partial charge on any atom is 0.258 e. The van der Waals surface area contributed by atoms with Gasteiger partial charge in [0.1, 0.15) is 5.75 Å². The van der Waals surface area contributed by atoms with Crippen LogP contribution in [0.4, 0.5) is 11.6 Å². The number of rotatable bonds is 6. The van der Waals surface area contributed by atoms with Gasteiger partial charge in [-0.2, -0.15) is 0 Å². The van der Waals surface area contributed by atoms with Crippen molar-refractivity contribution in [2.75, 3.05) is 17.7 Å². The number of ether oxygens (including phenoxy) is 1. The van der Waals surface area contributed by atoms with Crippen LogP contribution in [0, 0.1) is 0 Å². The van der Waals surface area contributed by atoms with E-state index < -0.39 is 0 Å². The largest absolute Gasteiger partial charge is 0.497 e. The molecule has 0 bridgehead atoms. The van der Waals surface area contributed by atoms with Crippen LogP contribution in [0.5, 0.6) is 5.75 Å². The lowest BCUT2D eigenvalue weighted by molar-refractivity contribution is 0.102. The number of hydrogen-bond donors (Lipinski definition) is 2. The molecule has 0 aliphatic heterocycles. The molecule has 0 unspecified atom stereocenters. The normalized spacial score (nSPS) is 10.1. The van der Waals surface area contributed by atoms with E-state index in [9.17, 15) is 4.79 Å². The van der Waals surface area contributed by atoms with Crippen LogP contribution in [0.2, 0.25) is 0 Å². The van der Waals surface area contributed by atoms with Crippen molar-refractivity contribution in [3.8, 4) is 5.75 Å². The molecular formula is C18H17N5O2. The van der Waals surface area contributed by atoms with Crippen molar-refractivity contribution in [3.63, 3.8) is 0 Å². The summed E-state index contributed by atoms with van der Waals surface area (Å²) in [7, 11) is 1.58. The molecule has 2 aromatic heterocycles. The first-order chi connectivity index (χ1) is 12.2. The van der Waals surface area contributed by atoms with Crippen LogP contribution in [-0.4, -0.2) is 28.0 Å². The molecule has 7 nitrogen and oxygen atoms in total. The molecule has 0 saturated heterocycles. The van der Waals surface area contributed by atoms with Gasteiger partial charge in [-0.25, -0.2) is 9.97 Å². The minimum absolute atomic E-state index is 0.285. The van der Waals surface area contributed by atoms with Gasteiger partial charge in [-0.3, -0.25) is 9.78 Å². The Morgan fingerprint density at radius 2 is 1.96 bits per heavy atom. The van der Waals surface area contributed by atoms with E-state index in [4.69, 9.17) is 4.74 Å². The molecule has 0 atom stereocenters. The summed E-state index contributed by atoms with van der Waals surface area (Å²) < 4.78 is 5.13. The number of methoxy groups -OCH3 is 1. The van der Waals surface area contributed by atoms with Crippen LogP contribution in [0.15, 0.2) is 61.2 Å². The van der Waals surface area contributed by atoms with Gasteiger partial charge in [0.2, 0.25) is 5.95 Å². The van der Waals surface area contributed by atoms with Gasteiger partial charge in [-0.15, -0.1) is 0 Å². The second kappa shape index (κ2) is 7.87. The quantitative estimate of drug-likeness (QED) is 0.720. The summed E-state index contributed by atoms with van der Waals surface area (Å²) in [6.07, 6.45) is 6.45. The van der Waals surface area contributed by atoms with Gasteiger partial charge in [0.05, 0.1) is 12.7 Å². The van der Waals surface area contributed by atoms with E-state index in [0.717, 1.165) is 5.56 Å². The molecule has 126 valence electrons. The molecule has 0 saturated carbocycles. The molecule has 7 heteroatoms. The molecule has 0 aliphatic carbocycles. The van der Waals surface area contributed by atoms with Crippen LogP contribution >= 0.6 is 0 Å². The maximum atomic E-state index is 12.2. The minimum atomic E-state index is -0.285. The molecule has 25 heavy (non-hydrogen) atoms. The predicted octanol–water partition coefficient (Wildman–Crippen LogP) is 2.74. The number of anilines is 2. The van der Waals surface area contributed by atoms with Crippen molar-refractivity contribution in [3.05, 3.63) is 72.3 Å². The second-order valence-corrected chi connectivity index (χ2v) is 5.20. The van der Waals surface area contributed by atoms with Crippen molar-refractivity contribution in [2.45, 2.75) is 6.54 Å². The Balaban J connectivity index is 1.60. The highest BCUT2D eigenvalue weighted by molar-refractivity contribution is 6.03. The number of benzene rings is 1. The highest BCUT2D eigenvalue weighted by atomic mass is 16.5. The van der Waals surface area contributed by atoms with Crippen molar-refractivity contribution in [2.24, 2.45) is 0 Å². The number of aromatic nitrogens is 3. The Hall–Kier alpha value is -3.48. The van der Waals surface area contributed by atoms with Crippen LogP contribution in [0.1, 0.15) is 15.9 Å². The van der Waals surface area contributed by atoms with Gasteiger partial charge in [-0.1, -0.05) is 12.1 Å². The lowest BCUT2D eigenvalue weighted by Gasteiger charge is -2.08. The van der Waals surface area contributed by atoms with E-state index in [1.165, 1.54) is 12.4 Å². The Labute approximate surface area is 145 Å². The molecule has 3 rings (SSSR count). The van der Waals surface area contributed by atoms with E-state index in [-0.39, 0.29) is 5.91 Å². The fourth-order valence-corrected chi connectivity index (χ4v) is 2.12. The molecule has 0 aliphatic rings. The average molecular weight is 335 g/mol. The van der Waals surface area contributed by atoms with Gasteiger partial charge < -0.3 is 15.4 Å². The van der Waals surface area contributed by atoms with Gasteiger partial charge in [-0.05, 0) is 23.8 Å². The number of carbonyl (C=O) groups excluding carboxylic acids is 1. The maximum absolute atomic E-state index is 12.2.